The van der Waals surface area contributed by atoms with Crippen molar-refractivity contribution >= 4 is 5.97 Å². The first kappa shape index (κ1) is 26.0. The monoisotopic (exact) mass is 496 g/mol. The van der Waals surface area contributed by atoms with E-state index in [1.54, 1.807) is 12.1 Å². The summed E-state index contributed by atoms with van der Waals surface area (Å²) >= 11 is 0. The molecule has 0 amide bonds. The van der Waals surface area contributed by atoms with Gasteiger partial charge in [-0.1, -0.05) is 85.8 Å². The number of allylic oxidation sites excluding steroid dienone is 2. The normalized spacial score (nSPS) is 12.0. The Kier molecular flexibility index (Phi) is 8.63. The van der Waals surface area contributed by atoms with Crippen molar-refractivity contribution in [1.29, 1.82) is 0 Å². The highest BCUT2D eigenvalue weighted by atomic mass is 19.1. The van der Waals surface area contributed by atoms with Gasteiger partial charge in [0.1, 0.15) is 17.4 Å². The Balaban J connectivity index is 1.39. The average molecular weight is 497 g/mol. The standard InChI is InChI=1S/C33H30F2O2/c1-3-4-6-11-30-31(34)21-29(22-32(30)35)37-33(36)28-18-16-27(17-19-28)26-14-12-24(13-15-26)20-23(2)25-9-7-5-8-10-25/h3-5,7-10,12-19,21-23H,6,11,20H2,1-2H3/t23-/m0/s1. The number of esters is 1. The zero-order chi connectivity index (χ0) is 26.2. The van der Waals surface area contributed by atoms with Crippen molar-refractivity contribution in [3.63, 3.8) is 0 Å². The number of halogens is 2. The lowest BCUT2D eigenvalue weighted by Gasteiger charge is -2.12. The van der Waals surface area contributed by atoms with Gasteiger partial charge in [-0.05, 0) is 66.5 Å². The number of carbonyl (C=O) groups excluding carboxylic acids is 1. The largest absolute Gasteiger partial charge is 0.423 e. The minimum atomic E-state index is -0.718. The molecule has 0 aliphatic carbocycles. The van der Waals surface area contributed by atoms with Crippen molar-refractivity contribution < 1.29 is 18.3 Å². The van der Waals surface area contributed by atoms with Crippen molar-refractivity contribution in [2.45, 2.75) is 39.0 Å². The van der Waals surface area contributed by atoms with Gasteiger partial charge < -0.3 is 4.74 Å². The summed E-state index contributed by atoms with van der Waals surface area (Å²) < 4.78 is 34.0. The van der Waals surface area contributed by atoms with E-state index in [2.05, 4.69) is 55.5 Å². The zero-order valence-corrected chi connectivity index (χ0v) is 21.1. The third kappa shape index (κ3) is 6.79. The van der Waals surface area contributed by atoms with Crippen LogP contribution in [-0.2, 0) is 12.8 Å². The maximum absolute atomic E-state index is 14.4. The molecule has 0 heterocycles. The molecule has 0 saturated carbocycles. The van der Waals surface area contributed by atoms with E-state index in [9.17, 15) is 13.6 Å². The number of benzene rings is 4. The molecule has 188 valence electrons. The van der Waals surface area contributed by atoms with Crippen LogP contribution in [0.3, 0.4) is 0 Å². The number of rotatable bonds is 9. The van der Waals surface area contributed by atoms with Gasteiger partial charge in [0.05, 0.1) is 5.56 Å². The Bertz CT molecular complexity index is 1340. The van der Waals surface area contributed by atoms with E-state index in [0.29, 0.717) is 17.9 Å². The molecule has 4 heteroatoms. The summed E-state index contributed by atoms with van der Waals surface area (Å²) in [4.78, 5) is 12.6. The first-order valence-electron chi connectivity index (χ1n) is 12.5. The highest BCUT2D eigenvalue weighted by Gasteiger charge is 2.15. The van der Waals surface area contributed by atoms with Gasteiger partial charge in [-0.3, -0.25) is 0 Å². The van der Waals surface area contributed by atoms with Gasteiger partial charge >= 0.3 is 5.97 Å². The quantitative estimate of drug-likeness (QED) is 0.132. The molecule has 0 aliphatic heterocycles. The van der Waals surface area contributed by atoms with Gasteiger partial charge in [-0.25, -0.2) is 13.6 Å². The van der Waals surface area contributed by atoms with Crippen LogP contribution >= 0.6 is 0 Å². The molecule has 0 radical (unpaired) electrons. The predicted molar refractivity (Wildman–Crippen MR) is 145 cm³/mol. The Morgan fingerprint density at radius 3 is 2.05 bits per heavy atom. The summed E-state index contributed by atoms with van der Waals surface area (Å²) in [7, 11) is 0. The third-order valence-corrected chi connectivity index (χ3v) is 6.44. The predicted octanol–water partition coefficient (Wildman–Crippen LogP) is 8.71. The fraction of sp³-hybridized carbons (Fsp3) is 0.182. The maximum Gasteiger partial charge on any atom is 0.343 e. The molecular formula is C33H30F2O2. The molecule has 37 heavy (non-hydrogen) atoms. The van der Waals surface area contributed by atoms with Crippen LogP contribution in [0.4, 0.5) is 8.78 Å². The molecule has 4 aromatic rings. The Hall–Kier alpha value is -4.05. The SMILES string of the molecule is CC=CCCc1c(F)cc(OC(=O)c2ccc(-c3ccc(C[C@H](C)c4ccccc4)cc3)cc2)cc1F. The van der Waals surface area contributed by atoms with Crippen LogP contribution in [0.2, 0.25) is 0 Å². The van der Waals surface area contributed by atoms with E-state index in [1.165, 1.54) is 11.1 Å². The van der Waals surface area contributed by atoms with Crippen molar-refractivity contribution in [2.24, 2.45) is 0 Å². The van der Waals surface area contributed by atoms with E-state index in [0.717, 1.165) is 29.7 Å². The van der Waals surface area contributed by atoms with Crippen LogP contribution in [0.15, 0.2) is 103 Å². The number of ether oxygens (including phenoxy) is 1. The molecule has 0 aromatic heterocycles. The number of hydrogen-bond acceptors (Lipinski definition) is 2. The number of carbonyl (C=O) groups is 1. The molecule has 4 rings (SSSR count). The van der Waals surface area contributed by atoms with Crippen LogP contribution < -0.4 is 4.74 Å². The second kappa shape index (κ2) is 12.3. The van der Waals surface area contributed by atoms with E-state index >= 15 is 0 Å². The summed E-state index contributed by atoms with van der Waals surface area (Å²) in [5.74, 6) is -1.83. The molecule has 1 atom stereocenters. The molecule has 4 aromatic carbocycles. The molecule has 0 fully saturated rings. The van der Waals surface area contributed by atoms with Crippen molar-refractivity contribution in [3.05, 3.63) is 137 Å². The molecule has 0 aliphatic rings. The zero-order valence-electron chi connectivity index (χ0n) is 21.1. The molecule has 2 nitrogen and oxygen atoms in total. The summed E-state index contributed by atoms with van der Waals surface area (Å²) in [5, 5.41) is 0. The van der Waals surface area contributed by atoms with Crippen LogP contribution in [-0.4, -0.2) is 5.97 Å². The van der Waals surface area contributed by atoms with E-state index in [-0.39, 0.29) is 17.7 Å². The van der Waals surface area contributed by atoms with E-state index < -0.39 is 17.6 Å². The summed E-state index contributed by atoms with van der Waals surface area (Å²) in [5.41, 5.74) is 4.86. The second-order valence-electron chi connectivity index (χ2n) is 9.15. The second-order valence-corrected chi connectivity index (χ2v) is 9.15. The lowest BCUT2D eigenvalue weighted by atomic mass is 9.93. The lowest BCUT2D eigenvalue weighted by Crippen LogP contribution is -2.09. The highest BCUT2D eigenvalue weighted by Crippen LogP contribution is 2.26. The fourth-order valence-corrected chi connectivity index (χ4v) is 4.32. The smallest absolute Gasteiger partial charge is 0.343 e. The molecule has 0 N–H and O–H groups in total. The van der Waals surface area contributed by atoms with Gasteiger partial charge in [0.25, 0.3) is 0 Å². The third-order valence-electron chi connectivity index (χ3n) is 6.44. The summed E-state index contributed by atoms with van der Waals surface area (Å²) in [6.45, 7) is 4.08. The van der Waals surface area contributed by atoms with Crippen LogP contribution in [0, 0.1) is 11.6 Å². The first-order valence-corrected chi connectivity index (χ1v) is 12.5. The fourth-order valence-electron chi connectivity index (χ4n) is 4.32. The molecular weight excluding hydrogens is 466 g/mol. The average Bonchev–Trinajstić information content (AvgIpc) is 2.91. The molecule has 0 saturated heterocycles. The topological polar surface area (TPSA) is 26.3 Å². The number of hydrogen-bond donors (Lipinski definition) is 0. The first-order chi connectivity index (χ1) is 17.9. The van der Waals surface area contributed by atoms with Crippen molar-refractivity contribution in [1.82, 2.24) is 0 Å². The van der Waals surface area contributed by atoms with Crippen LogP contribution in [0.5, 0.6) is 5.75 Å². The van der Waals surface area contributed by atoms with Gasteiger partial charge in [-0.15, -0.1) is 0 Å². The van der Waals surface area contributed by atoms with Crippen LogP contribution in [0.1, 0.15) is 53.2 Å². The Morgan fingerprint density at radius 1 is 0.865 bits per heavy atom. The minimum absolute atomic E-state index is 0.0113. The molecule has 0 bridgehead atoms. The molecule has 0 spiro atoms. The summed E-state index contributed by atoms with van der Waals surface area (Å²) in [6, 6.07) is 28.0. The van der Waals surface area contributed by atoms with Crippen molar-refractivity contribution in [3.8, 4) is 16.9 Å². The van der Waals surface area contributed by atoms with Crippen molar-refractivity contribution in [2.75, 3.05) is 0 Å². The van der Waals surface area contributed by atoms with E-state index in [1.807, 2.05) is 37.3 Å². The van der Waals surface area contributed by atoms with Gasteiger partial charge in [0, 0.05) is 17.7 Å². The Labute approximate surface area is 217 Å². The van der Waals surface area contributed by atoms with E-state index in [4.69, 9.17) is 4.74 Å². The summed E-state index contributed by atoms with van der Waals surface area (Å²) in [6.07, 6.45) is 5.40. The van der Waals surface area contributed by atoms with Gasteiger partial charge in [0.2, 0.25) is 0 Å². The highest BCUT2D eigenvalue weighted by molar-refractivity contribution is 5.91. The van der Waals surface area contributed by atoms with Gasteiger partial charge in [0.15, 0.2) is 0 Å². The lowest BCUT2D eigenvalue weighted by molar-refractivity contribution is 0.0734. The molecule has 0 unspecified atom stereocenters. The Morgan fingerprint density at radius 2 is 1.46 bits per heavy atom. The minimum Gasteiger partial charge on any atom is -0.423 e. The van der Waals surface area contributed by atoms with Gasteiger partial charge in [-0.2, -0.15) is 0 Å². The maximum atomic E-state index is 14.4. The van der Waals surface area contributed by atoms with Crippen LogP contribution in [0.25, 0.3) is 11.1 Å².